The van der Waals surface area contributed by atoms with Gasteiger partial charge in [-0.3, -0.25) is 0 Å². The van der Waals surface area contributed by atoms with Gasteiger partial charge >= 0.3 is 0 Å². The van der Waals surface area contributed by atoms with Crippen molar-refractivity contribution in [1.82, 2.24) is 5.32 Å². The number of hydrogen-bond donors (Lipinski definition) is 1. The number of thioether (sulfide) groups is 1. The molecule has 1 aromatic carbocycles. The van der Waals surface area contributed by atoms with E-state index in [4.69, 9.17) is 0 Å². The SMILES string of the molecule is Cc1ccccc1C1CC(NC2CCSC2)C1. The van der Waals surface area contributed by atoms with Gasteiger partial charge in [0.25, 0.3) is 0 Å². The Labute approximate surface area is 108 Å². The number of rotatable bonds is 3. The van der Waals surface area contributed by atoms with Crippen LogP contribution in [0.25, 0.3) is 0 Å². The van der Waals surface area contributed by atoms with E-state index in [1.54, 1.807) is 5.56 Å². The van der Waals surface area contributed by atoms with E-state index >= 15 is 0 Å². The maximum Gasteiger partial charge on any atom is 0.0168 e. The fourth-order valence-corrected chi connectivity index (χ4v) is 4.22. The Kier molecular flexibility index (Phi) is 3.44. The molecule has 2 fully saturated rings. The van der Waals surface area contributed by atoms with Crippen molar-refractivity contribution < 1.29 is 0 Å². The molecule has 1 aromatic rings. The van der Waals surface area contributed by atoms with E-state index in [9.17, 15) is 0 Å². The summed E-state index contributed by atoms with van der Waals surface area (Å²) < 4.78 is 0. The summed E-state index contributed by atoms with van der Waals surface area (Å²) in [6, 6.07) is 10.4. The third-order valence-corrected chi connectivity index (χ3v) is 5.33. The summed E-state index contributed by atoms with van der Waals surface area (Å²) in [5.74, 6) is 3.49. The first-order chi connectivity index (χ1) is 8.33. The molecular weight excluding hydrogens is 226 g/mol. The molecule has 1 atom stereocenters. The molecule has 1 saturated heterocycles. The summed E-state index contributed by atoms with van der Waals surface area (Å²) in [7, 11) is 0. The van der Waals surface area contributed by atoms with Crippen molar-refractivity contribution in [3.8, 4) is 0 Å². The molecule has 1 nitrogen and oxygen atoms in total. The van der Waals surface area contributed by atoms with Crippen molar-refractivity contribution in [2.75, 3.05) is 11.5 Å². The van der Waals surface area contributed by atoms with E-state index in [1.807, 2.05) is 0 Å². The van der Waals surface area contributed by atoms with Gasteiger partial charge in [-0.2, -0.15) is 11.8 Å². The highest BCUT2D eigenvalue weighted by Gasteiger charge is 2.32. The zero-order valence-corrected chi connectivity index (χ0v) is 11.3. The molecule has 1 saturated carbocycles. The standard InChI is InChI=1S/C15H21NS/c1-11-4-2-3-5-15(11)12-8-14(9-12)16-13-6-7-17-10-13/h2-5,12-14,16H,6-10H2,1H3. The van der Waals surface area contributed by atoms with E-state index in [-0.39, 0.29) is 0 Å². The first-order valence-corrected chi connectivity index (χ1v) is 7.87. The van der Waals surface area contributed by atoms with Crippen LogP contribution in [-0.2, 0) is 0 Å². The molecule has 1 heterocycles. The molecule has 2 heteroatoms. The average Bonchev–Trinajstić information content (AvgIpc) is 2.77. The maximum atomic E-state index is 3.81. The second kappa shape index (κ2) is 5.03. The number of nitrogens with one attached hydrogen (secondary N) is 1. The minimum absolute atomic E-state index is 0.781. The highest BCUT2D eigenvalue weighted by molar-refractivity contribution is 7.99. The number of benzene rings is 1. The minimum Gasteiger partial charge on any atom is -0.310 e. The largest absolute Gasteiger partial charge is 0.310 e. The smallest absolute Gasteiger partial charge is 0.0168 e. The molecule has 92 valence electrons. The van der Waals surface area contributed by atoms with Crippen LogP contribution in [0.3, 0.4) is 0 Å². The molecule has 1 N–H and O–H groups in total. The van der Waals surface area contributed by atoms with Crippen LogP contribution in [0.4, 0.5) is 0 Å². The van der Waals surface area contributed by atoms with Crippen LogP contribution in [0.15, 0.2) is 24.3 Å². The van der Waals surface area contributed by atoms with E-state index in [2.05, 4.69) is 48.3 Å². The van der Waals surface area contributed by atoms with Gasteiger partial charge in [0.15, 0.2) is 0 Å². The highest BCUT2D eigenvalue weighted by Crippen LogP contribution is 2.38. The number of hydrogen-bond acceptors (Lipinski definition) is 2. The Bertz CT molecular complexity index is 378. The van der Waals surface area contributed by atoms with Crippen LogP contribution in [0.1, 0.15) is 36.3 Å². The minimum atomic E-state index is 0.781. The summed E-state index contributed by atoms with van der Waals surface area (Å²) >= 11 is 2.10. The summed E-state index contributed by atoms with van der Waals surface area (Å²) in [5, 5.41) is 3.81. The molecule has 17 heavy (non-hydrogen) atoms. The fourth-order valence-electron chi connectivity index (χ4n) is 3.05. The zero-order chi connectivity index (χ0) is 11.7. The third-order valence-electron chi connectivity index (χ3n) is 4.17. The maximum absolute atomic E-state index is 3.81. The molecule has 0 aromatic heterocycles. The van der Waals surface area contributed by atoms with E-state index < -0.39 is 0 Å². The van der Waals surface area contributed by atoms with Gasteiger partial charge in [0.1, 0.15) is 0 Å². The summed E-state index contributed by atoms with van der Waals surface area (Å²) in [4.78, 5) is 0. The van der Waals surface area contributed by atoms with E-state index in [0.717, 1.165) is 18.0 Å². The second-order valence-electron chi connectivity index (χ2n) is 5.45. The van der Waals surface area contributed by atoms with Crippen molar-refractivity contribution in [2.45, 2.75) is 44.2 Å². The van der Waals surface area contributed by atoms with Crippen molar-refractivity contribution in [3.63, 3.8) is 0 Å². The Morgan fingerprint density at radius 2 is 2.00 bits per heavy atom. The first-order valence-electron chi connectivity index (χ1n) is 6.72. The molecule has 3 rings (SSSR count). The molecule has 2 aliphatic rings. The average molecular weight is 247 g/mol. The zero-order valence-electron chi connectivity index (χ0n) is 10.5. The van der Waals surface area contributed by atoms with Crippen LogP contribution in [0, 0.1) is 6.92 Å². The van der Waals surface area contributed by atoms with Gasteiger partial charge in [0.05, 0.1) is 0 Å². The predicted molar refractivity (Wildman–Crippen MR) is 75.8 cm³/mol. The topological polar surface area (TPSA) is 12.0 Å². The van der Waals surface area contributed by atoms with Crippen molar-refractivity contribution >= 4 is 11.8 Å². The van der Waals surface area contributed by atoms with Crippen molar-refractivity contribution in [2.24, 2.45) is 0 Å². The molecule has 0 spiro atoms. The summed E-state index contributed by atoms with van der Waals surface area (Å²) in [6.45, 7) is 2.24. The lowest BCUT2D eigenvalue weighted by Crippen LogP contribution is -2.45. The van der Waals surface area contributed by atoms with Crippen LogP contribution < -0.4 is 5.32 Å². The van der Waals surface area contributed by atoms with Crippen LogP contribution in [0.2, 0.25) is 0 Å². The van der Waals surface area contributed by atoms with E-state index in [1.165, 1.54) is 36.3 Å². The highest BCUT2D eigenvalue weighted by atomic mass is 32.2. The second-order valence-corrected chi connectivity index (χ2v) is 6.60. The first kappa shape index (κ1) is 11.6. The van der Waals surface area contributed by atoms with Crippen molar-refractivity contribution in [3.05, 3.63) is 35.4 Å². The van der Waals surface area contributed by atoms with Crippen LogP contribution in [-0.4, -0.2) is 23.6 Å². The van der Waals surface area contributed by atoms with Gasteiger partial charge in [-0.05, 0) is 49.0 Å². The molecular formula is C15H21NS. The molecule has 0 bridgehead atoms. The van der Waals surface area contributed by atoms with Crippen LogP contribution >= 0.6 is 11.8 Å². The summed E-state index contributed by atoms with van der Waals surface area (Å²) in [5.41, 5.74) is 3.04. The lowest BCUT2D eigenvalue weighted by Gasteiger charge is -2.38. The monoisotopic (exact) mass is 247 g/mol. The lowest BCUT2D eigenvalue weighted by atomic mass is 9.74. The van der Waals surface area contributed by atoms with E-state index in [0.29, 0.717) is 0 Å². The fraction of sp³-hybridized carbons (Fsp3) is 0.600. The third kappa shape index (κ3) is 2.53. The molecule has 1 unspecified atom stereocenters. The van der Waals surface area contributed by atoms with Gasteiger partial charge in [0.2, 0.25) is 0 Å². The number of aryl methyl sites for hydroxylation is 1. The Morgan fingerprint density at radius 3 is 2.71 bits per heavy atom. The van der Waals surface area contributed by atoms with Crippen molar-refractivity contribution in [1.29, 1.82) is 0 Å². The normalized spacial score (nSPS) is 32.4. The van der Waals surface area contributed by atoms with Gasteiger partial charge in [-0.25, -0.2) is 0 Å². The predicted octanol–water partition coefficient (Wildman–Crippen LogP) is 3.34. The summed E-state index contributed by atoms with van der Waals surface area (Å²) in [6.07, 6.45) is 4.05. The molecule has 1 aliphatic carbocycles. The molecule has 0 amide bonds. The Hall–Kier alpha value is -0.470. The van der Waals surface area contributed by atoms with Gasteiger partial charge < -0.3 is 5.32 Å². The molecule has 0 radical (unpaired) electrons. The quantitative estimate of drug-likeness (QED) is 0.879. The van der Waals surface area contributed by atoms with Crippen LogP contribution in [0.5, 0.6) is 0 Å². The van der Waals surface area contributed by atoms with Gasteiger partial charge in [-0.1, -0.05) is 24.3 Å². The molecule has 1 aliphatic heterocycles. The Balaban J connectivity index is 1.52. The van der Waals surface area contributed by atoms with Gasteiger partial charge in [-0.15, -0.1) is 0 Å². The van der Waals surface area contributed by atoms with Gasteiger partial charge in [0, 0.05) is 17.8 Å². The lowest BCUT2D eigenvalue weighted by molar-refractivity contribution is 0.270. The Morgan fingerprint density at radius 1 is 1.18 bits per heavy atom.